The Balaban J connectivity index is 2.75. The van der Waals surface area contributed by atoms with Crippen molar-refractivity contribution in [1.29, 1.82) is 0 Å². The number of amides is 1. The van der Waals surface area contributed by atoms with Crippen LogP contribution in [0.15, 0.2) is 23.2 Å². The van der Waals surface area contributed by atoms with E-state index in [2.05, 4.69) is 15.6 Å². The fourth-order valence-electron chi connectivity index (χ4n) is 1.81. The molecule has 1 amide bonds. The number of guanidine groups is 1. The van der Waals surface area contributed by atoms with Crippen LogP contribution in [-0.4, -0.2) is 51.1 Å². The zero-order valence-corrected chi connectivity index (χ0v) is 14.1. The largest absolute Gasteiger partial charge is 0.496 e. The van der Waals surface area contributed by atoms with Gasteiger partial charge >= 0.3 is 0 Å². The molecule has 0 fully saturated rings. The van der Waals surface area contributed by atoms with E-state index in [9.17, 15) is 4.79 Å². The van der Waals surface area contributed by atoms with Gasteiger partial charge in [-0.15, -0.1) is 0 Å². The number of nitrogens with zero attached hydrogens (tertiary/aromatic N) is 2. The monoisotopic (exact) mass is 306 g/mol. The highest BCUT2D eigenvalue weighted by atomic mass is 16.5. The molecule has 0 radical (unpaired) electrons. The Labute approximate surface area is 132 Å². The zero-order chi connectivity index (χ0) is 16.5. The van der Waals surface area contributed by atoms with Crippen LogP contribution < -0.4 is 15.4 Å². The van der Waals surface area contributed by atoms with Crippen LogP contribution >= 0.6 is 0 Å². The van der Waals surface area contributed by atoms with E-state index >= 15 is 0 Å². The SMILES string of the molecule is CCNC(=NCc1ccc(C)cc1OC)NCC(=O)N(C)C. The molecule has 0 unspecified atom stereocenters. The van der Waals surface area contributed by atoms with E-state index in [4.69, 9.17) is 4.74 Å². The summed E-state index contributed by atoms with van der Waals surface area (Å²) in [5, 5.41) is 6.15. The first-order valence-corrected chi connectivity index (χ1v) is 7.33. The summed E-state index contributed by atoms with van der Waals surface area (Å²) in [5.41, 5.74) is 2.15. The van der Waals surface area contributed by atoms with Crippen LogP contribution in [0.1, 0.15) is 18.1 Å². The van der Waals surface area contributed by atoms with Crippen molar-refractivity contribution in [3.8, 4) is 5.75 Å². The second-order valence-corrected chi connectivity index (χ2v) is 5.15. The minimum atomic E-state index is -0.00137. The molecule has 0 saturated heterocycles. The van der Waals surface area contributed by atoms with Crippen molar-refractivity contribution in [2.45, 2.75) is 20.4 Å². The molecule has 2 N–H and O–H groups in total. The van der Waals surface area contributed by atoms with Crippen molar-refractivity contribution in [3.05, 3.63) is 29.3 Å². The predicted octanol–water partition coefficient (Wildman–Crippen LogP) is 1.15. The fraction of sp³-hybridized carbons (Fsp3) is 0.500. The number of hydrogen-bond acceptors (Lipinski definition) is 3. The lowest BCUT2D eigenvalue weighted by molar-refractivity contribution is -0.127. The van der Waals surface area contributed by atoms with E-state index < -0.39 is 0 Å². The number of likely N-dealkylation sites (N-methyl/N-ethyl adjacent to an activating group) is 1. The minimum Gasteiger partial charge on any atom is -0.496 e. The molecule has 0 heterocycles. The third kappa shape index (κ3) is 5.63. The number of hydrogen-bond donors (Lipinski definition) is 2. The first-order chi connectivity index (χ1) is 10.5. The summed E-state index contributed by atoms with van der Waals surface area (Å²) < 4.78 is 5.38. The number of carbonyl (C=O) groups excluding carboxylic acids is 1. The van der Waals surface area contributed by atoms with Gasteiger partial charge in [0.1, 0.15) is 5.75 Å². The van der Waals surface area contributed by atoms with Gasteiger partial charge in [0.2, 0.25) is 5.91 Å². The van der Waals surface area contributed by atoms with Gasteiger partial charge in [0, 0.05) is 26.2 Å². The van der Waals surface area contributed by atoms with Gasteiger partial charge in [-0.05, 0) is 25.5 Å². The number of nitrogens with one attached hydrogen (secondary N) is 2. The Morgan fingerprint density at radius 3 is 2.64 bits per heavy atom. The number of aryl methyl sites for hydroxylation is 1. The molecular formula is C16H26N4O2. The lowest BCUT2D eigenvalue weighted by atomic mass is 10.1. The van der Waals surface area contributed by atoms with Crippen molar-refractivity contribution in [2.75, 3.05) is 34.3 Å². The first kappa shape index (κ1) is 17.8. The van der Waals surface area contributed by atoms with Gasteiger partial charge in [0.25, 0.3) is 0 Å². The summed E-state index contributed by atoms with van der Waals surface area (Å²) in [4.78, 5) is 17.7. The van der Waals surface area contributed by atoms with E-state index in [1.165, 1.54) is 0 Å². The van der Waals surface area contributed by atoms with Gasteiger partial charge in [-0.1, -0.05) is 12.1 Å². The number of methoxy groups -OCH3 is 1. The molecule has 0 atom stereocenters. The molecule has 0 aliphatic carbocycles. The molecule has 6 nitrogen and oxygen atoms in total. The molecule has 0 bridgehead atoms. The summed E-state index contributed by atoms with van der Waals surface area (Å²) >= 11 is 0. The average molecular weight is 306 g/mol. The Bertz CT molecular complexity index is 527. The van der Waals surface area contributed by atoms with Crippen LogP contribution in [0.3, 0.4) is 0 Å². The number of rotatable bonds is 6. The Hall–Kier alpha value is -2.24. The first-order valence-electron chi connectivity index (χ1n) is 7.33. The van der Waals surface area contributed by atoms with Gasteiger partial charge in [0.05, 0.1) is 20.2 Å². The van der Waals surface area contributed by atoms with Gasteiger partial charge in [-0.3, -0.25) is 4.79 Å². The lowest BCUT2D eigenvalue weighted by Gasteiger charge is -2.14. The number of aliphatic imine (C=N–C) groups is 1. The number of carbonyl (C=O) groups is 1. The number of benzene rings is 1. The Morgan fingerprint density at radius 2 is 2.05 bits per heavy atom. The molecule has 1 aromatic rings. The Morgan fingerprint density at radius 1 is 1.32 bits per heavy atom. The van der Waals surface area contributed by atoms with Gasteiger partial charge in [0.15, 0.2) is 5.96 Å². The van der Waals surface area contributed by atoms with Crippen LogP contribution in [0.25, 0.3) is 0 Å². The van der Waals surface area contributed by atoms with Crippen molar-refractivity contribution in [3.63, 3.8) is 0 Å². The van der Waals surface area contributed by atoms with Crippen LogP contribution in [0.2, 0.25) is 0 Å². The third-order valence-electron chi connectivity index (χ3n) is 3.10. The zero-order valence-electron chi connectivity index (χ0n) is 14.1. The van der Waals surface area contributed by atoms with E-state index in [0.717, 1.165) is 23.4 Å². The maximum atomic E-state index is 11.6. The average Bonchev–Trinajstić information content (AvgIpc) is 2.50. The maximum Gasteiger partial charge on any atom is 0.241 e. The molecule has 0 aliphatic rings. The van der Waals surface area contributed by atoms with Crippen molar-refractivity contribution in [1.82, 2.24) is 15.5 Å². The van der Waals surface area contributed by atoms with Crippen molar-refractivity contribution in [2.24, 2.45) is 4.99 Å². The van der Waals surface area contributed by atoms with Crippen LogP contribution in [0, 0.1) is 6.92 Å². The van der Waals surface area contributed by atoms with Gasteiger partial charge in [-0.2, -0.15) is 0 Å². The minimum absolute atomic E-state index is 0.00137. The molecule has 1 aromatic carbocycles. The van der Waals surface area contributed by atoms with Crippen LogP contribution in [-0.2, 0) is 11.3 Å². The summed E-state index contributed by atoms with van der Waals surface area (Å²) in [6.45, 7) is 5.43. The number of ether oxygens (including phenoxy) is 1. The highest BCUT2D eigenvalue weighted by molar-refractivity contribution is 5.86. The van der Waals surface area contributed by atoms with Crippen LogP contribution in [0.5, 0.6) is 5.75 Å². The molecule has 6 heteroatoms. The summed E-state index contributed by atoms with van der Waals surface area (Å²) in [6.07, 6.45) is 0. The predicted molar refractivity (Wildman–Crippen MR) is 89.2 cm³/mol. The maximum absolute atomic E-state index is 11.6. The smallest absolute Gasteiger partial charge is 0.241 e. The van der Waals surface area contributed by atoms with Crippen molar-refractivity contribution < 1.29 is 9.53 Å². The van der Waals surface area contributed by atoms with Gasteiger partial charge in [-0.25, -0.2) is 4.99 Å². The quantitative estimate of drug-likeness (QED) is 0.611. The third-order valence-corrected chi connectivity index (χ3v) is 3.10. The normalized spacial score (nSPS) is 11.0. The summed E-state index contributed by atoms with van der Waals surface area (Å²) in [7, 11) is 5.11. The molecule has 122 valence electrons. The molecule has 0 spiro atoms. The molecule has 0 aromatic heterocycles. The van der Waals surface area contributed by atoms with E-state index in [0.29, 0.717) is 12.5 Å². The fourth-order valence-corrected chi connectivity index (χ4v) is 1.81. The summed E-state index contributed by atoms with van der Waals surface area (Å²) in [5.74, 6) is 1.43. The van der Waals surface area contributed by atoms with Crippen LogP contribution in [0.4, 0.5) is 0 Å². The standard InChI is InChI=1S/C16H26N4O2/c1-6-17-16(19-11-15(21)20(3)4)18-10-13-8-7-12(2)9-14(13)22-5/h7-9H,6,10-11H2,1-5H3,(H2,17,18,19). The highest BCUT2D eigenvalue weighted by Gasteiger charge is 2.06. The molecule has 22 heavy (non-hydrogen) atoms. The topological polar surface area (TPSA) is 66.0 Å². The highest BCUT2D eigenvalue weighted by Crippen LogP contribution is 2.20. The molecule has 1 rings (SSSR count). The molecular weight excluding hydrogens is 280 g/mol. The van der Waals surface area contributed by atoms with E-state index in [1.54, 1.807) is 26.1 Å². The second-order valence-electron chi connectivity index (χ2n) is 5.15. The second kappa shape index (κ2) is 8.92. The van der Waals surface area contributed by atoms with Gasteiger partial charge < -0.3 is 20.3 Å². The Kier molecular flexibility index (Phi) is 7.22. The van der Waals surface area contributed by atoms with Crippen molar-refractivity contribution >= 4 is 11.9 Å². The van der Waals surface area contributed by atoms with E-state index in [1.807, 2.05) is 32.0 Å². The molecule has 0 saturated carbocycles. The lowest BCUT2D eigenvalue weighted by Crippen LogP contribution is -2.42. The van der Waals surface area contributed by atoms with E-state index in [-0.39, 0.29) is 12.5 Å². The molecule has 0 aliphatic heterocycles. The summed E-state index contributed by atoms with van der Waals surface area (Å²) in [6, 6.07) is 6.02.